The summed E-state index contributed by atoms with van der Waals surface area (Å²) in [4.78, 5) is 5.27. The Morgan fingerprint density at radius 1 is 1.09 bits per heavy atom. The van der Waals surface area contributed by atoms with Gasteiger partial charge in [-0.1, -0.05) is 31.2 Å². The minimum absolute atomic E-state index is 0. The second-order valence-corrected chi connectivity index (χ2v) is 7.22. The smallest absolute Gasteiger partial charge is 0.0237 e. The predicted octanol–water partition coefficient (Wildman–Crippen LogP) is 2.53. The Kier molecular flexibility index (Phi) is 6.27. The first-order chi connectivity index (χ1) is 10.1. The molecular weight excluding hydrogens is 294 g/mol. The van der Waals surface area contributed by atoms with E-state index in [2.05, 4.69) is 53.2 Å². The van der Waals surface area contributed by atoms with Gasteiger partial charge in [0.05, 0.1) is 0 Å². The first-order valence-electron chi connectivity index (χ1n) is 8.35. The molecule has 2 aliphatic rings. The third kappa shape index (κ3) is 4.45. The molecule has 2 heterocycles. The van der Waals surface area contributed by atoms with Crippen LogP contribution in [-0.2, 0) is 6.54 Å². The van der Waals surface area contributed by atoms with E-state index in [1.807, 2.05) is 0 Å². The number of piperazine rings is 1. The second-order valence-electron chi connectivity index (χ2n) is 7.22. The predicted molar refractivity (Wildman–Crippen MR) is 95.7 cm³/mol. The minimum Gasteiger partial charge on any atom is -0.316 e. The Hall–Kier alpha value is -0.610. The summed E-state index contributed by atoms with van der Waals surface area (Å²) >= 11 is 0. The third-order valence-electron chi connectivity index (χ3n) is 5.18. The number of nitrogens with one attached hydrogen (secondary N) is 1. The number of nitrogens with zero attached hydrogens (tertiary/aromatic N) is 2. The molecule has 0 amide bonds. The summed E-state index contributed by atoms with van der Waals surface area (Å²) in [6.45, 7) is 14.3. The molecule has 1 aromatic rings. The first-order valence-corrected chi connectivity index (χ1v) is 8.35. The van der Waals surface area contributed by atoms with Gasteiger partial charge in [-0.3, -0.25) is 4.90 Å². The van der Waals surface area contributed by atoms with Crippen molar-refractivity contribution in [2.45, 2.75) is 26.8 Å². The number of hydrogen-bond acceptors (Lipinski definition) is 3. The summed E-state index contributed by atoms with van der Waals surface area (Å²) in [6.07, 6.45) is 1.33. The van der Waals surface area contributed by atoms with Crippen molar-refractivity contribution in [3.63, 3.8) is 0 Å². The molecule has 0 aliphatic carbocycles. The Morgan fingerprint density at radius 2 is 1.77 bits per heavy atom. The molecular formula is C18H30ClN3. The van der Waals surface area contributed by atoms with E-state index in [0.29, 0.717) is 5.41 Å². The van der Waals surface area contributed by atoms with Crippen LogP contribution >= 0.6 is 12.4 Å². The van der Waals surface area contributed by atoms with E-state index in [4.69, 9.17) is 0 Å². The van der Waals surface area contributed by atoms with Crippen LogP contribution in [-0.4, -0.2) is 55.6 Å². The molecule has 0 bridgehead atoms. The molecule has 124 valence electrons. The molecule has 0 spiro atoms. The second kappa shape index (κ2) is 7.78. The van der Waals surface area contributed by atoms with E-state index in [9.17, 15) is 0 Å². The molecule has 0 aromatic heterocycles. The average Bonchev–Trinajstić information content (AvgIpc) is 2.90. The summed E-state index contributed by atoms with van der Waals surface area (Å²) in [6, 6.07) is 8.78. The molecule has 1 atom stereocenters. The molecule has 3 nitrogen and oxygen atoms in total. The molecule has 0 saturated carbocycles. The van der Waals surface area contributed by atoms with Crippen molar-refractivity contribution in [3.8, 4) is 0 Å². The van der Waals surface area contributed by atoms with Gasteiger partial charge in [-0.15, -0.1) is 12.4 Å². The number of aryl methyl sites for hydroxylation is 1. The highest BCUT2D eigenvalue weighted by atomic mass is 35.5. The summed E-state index contributed by atoms with van der Waals surface area (Å²) in [5, 5.41) is 3.51. The molecule has 1 N–H and O–H groups in total. The standard InChI is InChI=1S/C18H29N3.ClH/c1-16-5-3-4-6-17(16)13-20-9-11-21(12-10-20)15-18(2)7-8-19-14-18;/h3-6,19H,7-15H2,1-2H3;1H. The summed E-state index contributed by atoms with van der Waals surface area (Å²) < 4.78 is 0. The quantitative estimate of drug-likeness (QED) is 0.918. The average molecular weight is 324 g/mol. The number of hydrogen-bond donors (Lipinski definition) is 1. The van der Waals surface area contributed by atoms with E-state index in [1.54, 1.807) is 0 Å². The largest absolute Gasteiger partial charge is 0.316 e. The SMILES string of the molecule is Cc1ccccc1CN1CCN(CC2(C)CCNC2)CC1.Cl. The molecule has 2 aliphatic heterocycles. The van der Waals surface area contributed by atoms with Crippen LogP contribution in [0.4, 0.5) is 0 Å². The van der Waals surface area contributed by atoms with Gasteiger partial charge < -0.3 is 10.2 Å². The van der Waals surface area contributed by atoms with Crippen LogP contribution < -0.4 is 5.32 Å². The van der Waals surface area contributed by atoms with E-state index in [-0.39, 0.29) is 12.4 Å². The number of benzene rings is 1. The van der Waals surface area contributed by atoms with Gasteiger partial charge in [0, 0.05) is 45.8 Å². The normalized spacial score (nSPS) is 26.8. The zero-order valence-electron chi connectivity index (χ0n) is 14.0. The molecule has 2 saturated heterocycles. The van der Waals surface area contributed by atoms with E-state index in [0.717, 1.165) is 6.54 Å². The minimum atomic E-state index is 0. The lowest BCUT2D eigenvalue weighted by Gasteiger charge is -2.38. The summed E-state index contributed by atoms with van der Waals surface area (Å²) in [7, 11) is 0. The maximum Gasteiger partial charge on any atom is 0.0237 e. The highest BCUT2D eigenvalue weighted by Gasteiger charge is 2.31. The Balaban J connectivity index is 0.00000176. The topological polar surface area (TPSA) is 18.5 Å². The van der Waals surface area contributed by atoms with Gasteiger partial charge in [0.1, 0.15) is 0 Å². The van der Waals surface area contributed by atoms with Crippen LogP contribution in [0.3, 0.4) is 0 Å². The van der Waals surface area contributed by atoms with Gasteiger partial charge in [-0.2, -0.15) is 0 Å². The number of halogens is 1. The van der Waals surface area contributed by atoms with Gasteiger partial charge in [-0.25, -0.2) is 0 Å². The van der Waals surface area contributed by atoms with Crippen LogP contribution in [0, 0.1) is 12.3 Å². The van der Waals surface area contributed by atoms with Crippen LogP contribution in [0.25, 0.3) is 0 Å². The fraction of sp³-hybridized carbons (Fsp3) is 0.667. The summed E-state index contributed by atoms with van der Waals surface area (Å²) in [5.41, 5.74) is 3.40. The van der Waals surface area contributed by atoms with Gasteiger partial charge in [0.2, 0.25) is 0 Å². The molecule has 22 heavy (non-hydrogen) atoms. The molecule has 3 rings (SSSR count). The maximum atomic E-state index is 3.51. The molecule has 1 aromatic carbocycles. The van der Waals surface area contributed by atoms with Gasteiger partial charge in [0.15, 0.2) is 0 Å². The lowest BCUT2D eigenvalue weighted by Crippen LogP contribution is -2.49. The fourth-order valence-electron chi connectivity index (χ4n) is 3.68. The Morgan fingerprint density at radius 3 is 2.41 bits per heavy atom. The molecule has 0 radical (unpaired) electrons. The third-order valence-corrected chi connectivity index (χ3v) is 5.18. The van der Waals surface area contributed by atoms with Crippen molar-refractivity contribution in [1.82, 2.24) is 15.1 Å². The van der Waals surface area contributed by atoms with E-state index < -0.39 is 0 Å². The van der Waals surface area contributed by atoms with Crippen LogP contribution in [0.5, 0.6) is 0 Å². The van der Waals surface area contributed by atoms with E-state index >= 15 is 0 Å². The van der Waals surface area contributed by atoms with Crippen molar-refractivity contribution in [1.29, 1.82) is 0 Å². The number of rotatable bonds is 4. The van der Waals surface area contributed by atoms with Crippen molar-refractivity contribution in [2.75, 3.05) is 45.8 Å². The Bertz CT molecular complexity index is 463. The van der Waals surface area contributed by atoms with Gasteiger partial charge in [0.25, 0.3) is 0 Å². The van der Waals surface area contributed by atoms with E-state index in [1.165, 1.54) is 63.4 Å². The molecule has 4 heteroatoms. The van der Waals surface area contributed by atoms with Crippen molar-refractivity contribution in [2.24, 2.45) is 5.41 Å². The zero-order chi connectivity index (χ0) is 14.7. The lowest BCUT2D eigenvalue weighted by atomic mass is 9.89. The Labute approximate surface area is 141 Å². The lowest BCUT2D eigenvalue weighted by molar-refractivity contribution is 0.0932. The van der Waals surface area contributed by atoms with Crippen molar-refractivity contribution >= 4 is 12.4 Å². The fourth-order valence-corrected chi connectivity index (χ4v) is 3.68. The maximum absolute atomic E-state index is 3.51. The molecule has 1 unspecified atom stereocenters. The van der Waals surface area contributed by atoms with Crippen molar-refractivity contribution < 1.29 is 0 Å². The van der Waals surface area contributed by atoms with Gasteiger partial charge in [-0.05, 0) is 36.4 Å². The zero-order valence-corrected chi connectivity index (χ0v) is 14.8. The van der Waals surface area contributed by atoms with Crippen LogP contribution in [0.1, 0.15) is 24.5 Å². The highest BCUT2D eigenvalue weighted by molar-refractivity contribution is 5.85. The first kappa shape index (κ1) is 17.7. The van der Waals surface area contributed by atoms with Crippen molar-refractivity contribution in [3.05, 3.63) is 35.4 Å². The van der Waals surface area contributed by atoms with Gasteiger partial charge >= 0.3 is 0 Å². The molecule has 2 fully saturated rings. The van der Waals surface area contributed by atoms with Crippen LogP contribution in [0.15, 0.2) is 24.3 Å². The van der Waals surface area contributed by atoms with Crippen LogP contribution in [0.2, 0.25) is 0 Å². The monoisotopic (exact) mass is 323 g/mol. The highest BCUT2D eigenvalue weighted by Crippen LogP contribution is 2.26. The summed E-state index contributed by atoms with van der Waals surface area (Å²) in [5.74, 6) is 0.